The van der Waals surface area contributed by atoms with E-state index in [1.54, 1.807) is 7.05 Å². The second-order valence-electron chi connectivity index (χ2n) is 6.32. The predicted octanol–water partition coefficient (Wildman–Crippen LogP) is 0.967. The highest BCUT2D eigenvalue weighted by Gasteiger charge is 2.28. The molecule has 1 N–H and O–H groups in total. The Bertz CT molecular complexity index is 701. The Hall–Kier alpha value is -1.25. The van der Waals surface area contributed by atoms with Crippen LogP contribution in [0.4, 0.5) is 0 Å². The van der Waals surface area contributed by atoms with E-state index in [2.05, 4.69) is 10.3 Å². The van der Waals surface area contributed by atoms with Crippen LogP contribution in [0.15, 0.2) is 17.3 Å². The highest BCUT2D eigenvalue weighted by molar-refractivity contribution is 7.88. The van der Waals surface area contributed by atoms with Crippen molar-refractivity contribution in [1.29, 1.82) is 0 Å². The minimum Gasteiger partial charge on any atom is -0.356 e. The molecule has 1 saturated heterocycles. The van der Waals surface area contributed by atoms with Crippen molar-refractivity contribution < 1.29 is 8.42 Å². The number of hydrogen-bond acceptors (Lipinski definition) is 3. The van der Waals surface area contributed by atoms with Gasteiger partial charge in [0.1, 0.15) is 0 Å². The minimum absolute atomic E-state index is 0.300. The fourth-order valence-electron chi connectivity index (χ4n) is 2.93. The van der Waals surface area contributed by atoms with E-state index in [0.717, 1.165) is 23.1 Å². The number of rotatable bonds is 5. The molecule has 1 aromatic rings. The van der Waals surface area contributed by atoms with Crippen molar-refractivity contribution >= 4 is 27.6 Å². The molecule has 1 aliphatic heterocycles. The number of aliphatic imine (C=N–C) groups is 1. The summed E-state index contributed by atoms with van der Waals surface area (Å²) in [6.45, 7) is 2.56. The summed E-state index contributed by atoms with van der Waals surface area (Å²) >= 11 is 6.02. The lowest BCUT2D eigenvalue weighted by molar-refractivity contribution is 0.437. The lowest BCUT2D eigenvalue weighted by atomic mass is 10.1. The van der Waals surface area contributed by atoms with Gasteiger partial charge in [0.15, 0.2) is 5.96 Å². The lowest BCUT2D eigenvalue weighted by Crippen LogP contribution is -2.41. The smallest absolute Gasteiger partial charge is 0.211 e. The molecule has 0 bridgehead atoms. The van der Waals surface area contributed by atoms with Gasteiger partial charge in [0, 0.05) is 52.7 Å². The van der Waals surface area contributed by atoms with E-state index in [9.17, 15) is 8.42 Å². The molecule has 1 aromatic heterocycles. The maximum atomic E-state index is 11.6. The number of aryl methyl sites for hydroxylation is 1. The van der Waals surface area contributed by atoms with Crippen LogP contribution in [0.5, 0.6) is 0 Å². The topological polar surface area (TPSA) is 69.9 Å². The van der Waals surface area contributed by atoms with Crippen LogP contribution in [-0.4, -0.2) is 68.1 Å². The first-order valence-corrected chi connectivity index (χ1v) is 10.1. The Morgan fingerprint density at radius 3 is 2.75 bits per heavy atom. The third kappa shape index (κ3) is 4.87. The molecule has 9 heteroatoms. The first-order chi connectivity index (χ1) is 11.2. The van der Waals surface area contributed by atoms with E-state index in [-0.39, 0.29) is 0 Å². The number of hydrogen-bond donors (Lipinski definition) is 1. The van der Waals surface area contributed by atoms with Gasteiger partial charge in [-0.25, -0.2) is 12.7 Å². The Morgan fingerprint density at radius 2 is 2.25 bits per heavy atom. The number of sulfonamides is 1. The number of nitrogens with one attached hydrogen (secondary N) is 1. The van der Waals surface area contributed by atoms with E-state index >= 15 is 0 Å². The summed E-state index contributed by atoms with van der Waals surface area (Å²) in [4.78, 5) is 6.33. The molecule has 24 heavy (non-hydrogen) atoms. The van der Waals surface area contributed by atoms with Crippen LogP contribution < -0.4 is 5.32 Å². The average molecular weight is 376 g/mol. The van der Waals surface area contributed by atoms with Crippen molar-refractivity contribution in [2.24, 2.45) is 18.0 Å². The molecule has 7 nitrogen and oxygen atoms in total. The first-order valence-electron chi connectivity index (χ1n) is 7.88. The summed E-state index contributed by atoms with van der Waals surface area (Å²) < 4.78 is 26.7. The van der Waals surface area contributed by atoms with Crippen LogP contribution in [0.1, 0.15) is 12.1 Å². The fraction of sp³-hybridized carbons (Fsp3) is 0.667. The highest BCUT2D eigenvalue weighted by atomic mass is 35.5. The zero-order chi connectivity index (χ0) is 17.9. The second-order valence-corrected chi connectivity index (χ2v) is 8.74. The number of aromatic nitrogens is 1. The SMILES string of the molecule is CN=C(NCC1CCN(S(C)(=O)=O)C1)N(C)Cc1cc(Cl)cn1C. The van der Waals surface area contributed by atoms with Crippen molar-refractivity contribution in [2.45, 2.75) is 13.0 Å². The molecule has 1 fully saturated rings. The summed E-state index contributed by atoms with van der Waals surface area (Å²) in [5, 5.41) is 4.06. The van der Waals surface area contributed by atoms with E-state index in [4.69, 9.17) is 11.6 Å². The maximum Gasteiger partial charge on any atom is 0.211 e. The molecule has 0 saturated carbocycles. The molecule has 1 aliphatic rings. The zero-order valence-electron chi connectivity index (χ0n) is 14.7. The molecule has 1 atom stereocenters. The van der Waals surface area contributed by atoms with E-state index in [0.29, 0.717) is 32.1 Å². The largest absolute Gasteiger partial charge is 0.356 e. The second kappa shape index (κ2) is 7.76. The van der Waals surface area contributed by atoms with E-state index in [1.807, 2.05) is 35.8 Å². The van der Waals surface area contributed by atoms with Crippen molar-refractivity contribution in [2.75, 3.05) is 40.0 Å². The van der Waals surface area contributed by atoms with Gasteiger partial charge in [0.2, 0.25) is 10.0 Å². The quantitative estimate of drug-likeness (QED) is 0.615. The van der Waals surface area contributed by atoms with Crippen molar-refractivity contribution in [1.82, 2.24) is 19.1 Å². The number of guanidine groups is 1. The highest BCUT2D eigenvalue weighted by Crippen LogP contribution is 2.18. The fourth-order valence-corrected chi connectivity index (χ4v) is 4.12. The number of nitrogens with zero attached hydrogens (tertiary/aromatic N) is 4. The Kier molecular flexibility index (Phi) is 6.17. The molecule has 0 aliphatic carbocycles. The third-order valence-corrected chi connectivity index (χ3v) is 5.79. The Labute approximate surface area is 149 Å². The Morgan fingerprint density at radius 1 is 1.54 bits per heavy atom. The summed E-state index contributed by atoms with van der Waals surface area (Å²) in [5.74, 6) is 1.08. The van der Waals surface area contributed by atoms with E-state index in [1.165, 1.54) is 10.6 Å². The average Bonchev–Trinajstić information content (AvgIpc) is 3.06. The molecule has 0 radical (unpaired) electrons. The van der Waals surface area contributed by atoms with Crippen LogP contribution in [0.3, 0.4) is 0 Å². The standard InChI is InChI=1S/C15H26ClN5O2S/c1-17-15(20(3)11-14-7-13(16)10-19(14)2)18-8-12-5-6-21(9-12)24(4,22)23/h7,10,12H,5-6,8-9,11H2,1-4H3,(H,17,18). The molecule has 0 amide bonds. The van der Waals surface area contributed by atoms with E-state index < -0.39 is 10.0 Å². The summed E-state index contributed by atoms with van der Waals surface area (Å²) in [7, 11) is 2.58. The molecule has 0 spiro atoms. The number of halogens is 1. The zero-order valence-corrected chi connectivity index (χ0v) is 16.2. The van der Waals surface area contributed by atoms with Crippen LogP contribution in [0, 0.1) is 5.92 Å². The molecule has 2 heterocycles. The Balaban J connectivity index is 1.87. The van der Waals surface area contributed by atoms with Crippen molar-refractivity contribution in [3.8, 4) is 0 Å². The minimum atomic E-state index is -3.09. The van der Waals surface area contributed by atoms with Crippen molar-refractivity contribution in [3.63, 3.8) is 0 Å². The van der Waals surface area contributed by atoms with Crippen LogP contribution in [0.25, 0.3) is 0 Å². The molecular weight excluding hydrogens is 350 g/mol. The third-order valence-electron chi connectivity index (χ3n) is 4.31. The molecule has 0 aromatic carbocycles. The van der Waals surface area contributed by atoms with Gasteiger partial charge in [0.25, 0.3) is 0 Å². The molecule has 2 rings (SSSR count). The van der Waals surface area contributed by atoms with Crippen LogP contribution in [-0.2, 0) is 23.6 Å². The van der Waals surface area contributed by atoms with Gasteiger partial charge >= 0.3 is 0 Å². The molecule has 1 unspecified atom stereocenters. The van der Waals surface area contributed by atoms with Gasteiger partial charge in [-0.15, -0.1) is 0 Å². The summed E-state index contributed by atoms with van der Waals surface area (Å²) in [5.41, 5.74) is 1.09. The van der Waals surface area contributed by atoms with Gasteiger partial charge in [0.05, 0.1) is 17.8 Å². The molecule has 136 valence electrons. The summed E-state index contributed by atoms with van der Waals surface area (Å²) in [6, 6.07) is 1.94. The summed E-state index contributed by atoms with van der Waals surface area (Å²) in [6.07, 6.45) is 4.01. The first kappa shape index (κ1) is 19.1. The van der Waals surface area contributed by atoms with Gasteiger partial charge in [-0.3, -0.25) is 4.99 Å². The van der Waals surface area contributed by atoms with Gasteiger partial charge < -0.3 is 14.8 Å². The normalized spacial score (nSPS) is 19.7. The van der Waals surface area contributed by atoms with Gasteiger partial charge in [-0.05, 0) is 18.4 Å². The molecular formula is C15H26ClN5O2S. The van der Waals surface area contributed by atoms with Crippen molar-refractivity contribution in [3.05, 3.63) is 23.0 Å². The monoisotopic (exact) mass is 375 g/mol. The van der Waals surface area contributed by atoms with Crippen LogP contribution >= 0.6 is 11.6 Å². The maximum absolute atomic E-state index is 11.6. The lowest BCUT2D eigenvalue weighted by Gasteiger charge is -2.23. The predicted molar refractivity (Wildman–Crippen MR) is 97.8 cm³/mol. The van der Waals surface area contributed by atoms with Gasteiger partial charge in [-0.1, -0.05) is 11.6 Å². The van der Waals surface area contributed by atoms with Crippen LogP contribution in [0.2, 0.25) is 5.02 Å². The van der Waals surface area contributed by atoms with Gasteiger partial charge in [-0.2, -0.15) is 0 Å².